The zero-order valence-corrected chi connectivity index (χ0v) is 22.5. The van der Waals surface area contributed by atoms with Crippen molar-refractivity contribution in [3.05, 3.63) is 118 Å². The lowest BCUT2D eigenvalue weighted by atomic mass is 9.99. The minimum Gasteiger partial charge on any atom is -0.478 e. The zero-order valence-electron chi connectivity index (χ0n) is 22.5. The molecule has 11 heteroatoms. The Hall–Kier alpha value is -5.71. The molecule has 0 amide bonds. The number of nitrogens with one attached hydrogen (secondary N) is 2. The lowest BCUT2D eigenvalue weighted by Crippen LogP contribution is -2.29. The Balaban J connectivity index is 1.47. The third-order valence-corrected chi connectivity index (χ3v) is 7.08. The predicted octanol–water partition coefficient (Wildman–Crippen LogP) is 4.74. The number of carboxylic acids is 1. The van der Waals surface area contributed by atoms with Crippen molar-refractivity contribution in [1.82, 2.24) is 29.5 Å². The number of aromatic nitrogens is 6. The van der Waals surface area contributed by atoms with Gasteiger partial charge in [0.15, 0.2) is 17.2 Å². The highest BCUT2D eigenvalue weighted by Gasteiger charge is 2.23. The molecule has 3 aromatic carbocycles. The first-order valence-corrected chi connectivity index (χ1v) is 13.3. The van der Waals surface area contributed by atoms with Crippen molar-refractivity contribution < 1.29 is 14.7 Å². The van der Waals surface area contributed by atoms with Crippen LogP contribution in [0.15, 0.2) is 90.2 Å². The van der Waals surface area contributed by atoms with Gasteiger partial charge in [-0.2, -0.15) is 0 Å². The Kier molecular flexibility index (Phi) is 6.97. The minimum atomic E-state index is -1.07. The maximum atomic E-state index is 14.3. The number of H-pyrrole nitrogens is 1. The molecule has 0 aliphatic heterocycles. The summed E-state index contributed by atoms with van der Waals surface area (Å²) in [6.45, 7) is 1.99. The summed E-state index contributed by atoms with van der Waals surface area (Å²) in [5.74, 6) is -0.290. The van der Waals surface area contributed by atoms with E-state index in [0.29, 0.717) is 56.9 Å². The van der Waals surface area contributed by atoms with Crippen molar-refractivity contribution in [2.45, 2.75) is 25.8 Å². The summed E-state index contributed by atoms with van der Waals surface area (Å²) < 4.78 is 1.57. The number of hydrogen-bond donors (Lipinski definition) is 3. The molecule has 0 bridgehead atoms. The van der Waals surface area contributed by atoms with Crippen molar-refractivity contribution in [1.29, 1.82) is 0 Å². The molecule has 1 atom stereocenters. The summed E-state index contributed by atoms with van der Waals surface area (Å²) in [7, 11) is 0. The topological polar surface area (TPSA) is 156 Å². The van der Waals surface area contributed by atoms with Gasteiger partial charge in [-0.05, 0) is 42.3 Å². The van der Waals surface area contributed by atoms with E-state index in [1.807, 2.05) is 37.3 Å². The molecule has 11 nitrogen and oxygen atoms in total. The van der Waals surface area contributed by atoms with Crippen molar-refractivity contribution in [3.63, 3.8) is 0 Å². The van der Waals surface area contributed by atoms with E-state index in [0.717, 1.165) is 0 Å². The molecule has 0 spiro atoms. The third kappa shape index (κ3) is 4.87. The second-order valence-electron chi connectivity index (χ2n) is 9.67. The third-order valence-electron chi connectivity index (χ3n) is 7.08. The summed E-state index contributed by atoms with van der Waals surface area (Å²) in [5.41, 5.74) is 2.92. The monoisotopic (exact) mass is 559 g/mol. The van der Waals surface area contributed by atoms with Crippen LogP contribution in [0.5, 0.6) is 0 Å². The van der Waals surface area contributed by atoms with Crippen molar-refractivity contribution in [3.8, 4) is 5.69 Å². The van der Waals surface area contributed by atoms with E-state index >= 15 is 0 Å². The lowest BCUT2D eigenvalue weighted by Gasteiger charge is -2.22. The molecule has 42 heavy (non-hydrogen) atoms. The minimum absolute atomic E-state index is 0.0526. The highest BCUT2D eigenvalue weighted by atomic mass is 16.4. The standard InChI is InChI=1S/C31H25N7O4/c1-2-22(36-28-26-27(33-16-32-26)34-17-35-28)29-37-23-10-6-7-20(15-24(39)18-11-13-19(14-12-18)31(41)42)25(23)30(40)38(29)21-8-4-3-5-9-21/h3-14,16-17,22H,2,15H2,1H3,(H,41,42)(H2,32,33,34,35,36)/t22-/m0/s1. The average molecular weight is 560 g/mol. The van der Waals surface area contributed by atoms with Gasteiger partial charge in [0.25, 0.3) is 5.56 Å². The van der Waals surface area contributed by atoms with Crippen LogP contribution in [-0.4, -0.2) is 46.3 Å². The molecule has 0 radical (unpaired) electrons. The van der Waals surface area contributed by atoms with Crippen LogP contribution in [0.25, 0.3) is 27.8 Å². The van der Waals surface area contributed by atoms with Crippen LogP contribution < -0.4 is 10.9 Å². The van der Waals surface area contributed by atoms with Gasteiger partial charge in [0.1, 0.15) is 17.7 Å². The number of aromatic carboxylic acids is 1. The van der Waals surface area contributed by atoms with Crippen molar-refractivity contribution in [2.24, 2.45) is 0 Å². The van der Waals surface area contributed by atoms with Crippen molar-refractivity contribution >= 4 is 39.6 Å². The largest absolute Gasteiger partial charge is 0.478 e. The summed E-state index contributed by atoms with van der Waals surface area (Å²) in [4.78, 5) is 59.5. The first-order chi connectivity index (χ1) is 20.4. The highest BCUT2D eigenvalue weighted by molar-refractivity contribution is 6.00. The quantitative estimate of drug-likeness (QED) is 0.213. The van der Waals surface area contributed by atoms with E-state index in [2.05, 4.69) is 25.3 Å². The molecule has 0 saturated carbocycles. The summed E-state index contributed by atoms with van der Waals surface area (Å²) >= 11 is 0. The van der Waals surface area contributed by atoms with Crippen LogP contribution in [0, 0.1) is 0 Å². The van der Waals surface area contributed by atoms with Crippen LogP contribution >= 0.6 is 0 Å². The van der Waals surface area contributed by atoms with Gasteiger partial charge in [-0.3, -0.25) is 14.2 Å². The fourth-order valence-corrected chi connectivity index (χ4v) is 4.99. The number of carbonyl (C=O) groups is 2. The molecule has 208 valence electrons. The van der Waals surface area contributed by atoms with Gasteiger partial charge in [-0.25, -0.2) is 24.7 Å². The smallest absolute Gasteiger partial charge is 0.335 e. The molecular formula is C31H25N7O4. The summed E-state index contributed by atoms with van der Waals surface area (Å²) in [6, 6.07) is 19.8. The number of nitrogens with zero attached hydrogens (tertiary/aromatic N) is 5. The van der Waals surface area contributed by atoms with E-state index < -0.39 is 12.0 Å². The number of aromatic amines is 1. The van der Waals surface area contributed by atoms with Gasteiger partial charge in [0.05, 0.1) is 34.5 Å². The number of rotatable bonds is 9. The van der Waals surface area contributed by atoms with Gasteiger partial charge < -0.3 is 15.4 Å². The van der Waals surface area contributed by atoms with E-state index in [9.17, 15) is 19.5 Å². The van der Waals surface area contributed by atoms with Crippen molar-refractivity contribution in [2.75, 3.05) is 5.32 Å². The number of imidazole rings is 1. The lowest BCUT2D eigenvalue weighted by molar-refractivity contribution is 0.0696. The van der Waals surface area contributed by atoms with E-state index in [1.165, 1.54) is 30.6 Å². The van der Waals surface area contributed by atoms with Crippen LogP contribution in [0.3, 0.4) is 0 Å². The summed E-state index contributed by atoms with van der Waals surface area (Å²) in [5, 5.41) is 12.9. The Morgan fingerprint density at radius 2 is 1.71 bits per heavy atom. The predicted molar refractivity (Wildman–Crippen MR) is 157 cm³/mol. The van der Waals surface area contributed by atoms with Gasteiger partial charge in [-0.1, -0.05) is 49.4 Å². The van der Waals surface area contributed by atoms with E-state index in [1.54, 1.807) is 29.1 Å². The molecule has 0 unspecified atom stereocenters. The zero-order chi connectivity index (χ0) is 29.2. The molecule has 0 saturated heterocycles. The van der Waals surface area contributed by atoms with E-state index in [-0.39, 0.29) is 23.3 Å². The molecule has 0 aliphatic rings. The number of Topliss-reactive ketones (excluding diaryl/α,β-unsaturated/α-hetero) is 1. The second-order valence-corrected chi connectivity index (χ2v) is 9.67. The molecule has 3 N–H and O–H groups in total. The number of para-hydroxylation sites is 1. The van der Waals surface area contributed by atoms with Crippen LogP contribution in [0.4, 0.5) is 5.82 Å². The first-order valence-electron chi connectivity index (χ1n) is 13.3. The first kappa shape index (κ1) is 26.5. The Morgan fingerprint density at radius 3 is 2.45 bits per heavy atom. The number of carboxylic acid groups (broad SMARTS) is 1. The highest BCUT2D eigenvalue weighted by Crippen LogP contribution is 2.27. The molecular weight excluding hydrogens is 534 g/mol. The number of carbonyl (C=O) groups excluding carboxylic acids is 1. The molecule has 3 aromatic heterocycles. The average Bonchev–Trinajstić information content (AvgIpc) is 3.50. The number of fused-ring (bicyclic) bond motifs is 2. The molecule has 6 rings (SSSR count). The Labute approximate surface area is 239 Å². The van der Waals surface area contributed by atoms with Gasteiger partial charge >= 0.3 is 5.97 Å². The molecule has 3 heterocycles. The fraction of sp³-hybridized carbons (Fsp3) is 0.129. The van der Waals surface area contributed by atoms with Gasteiger partial charge in [-0.15, -0.1) is 0 Å². The number of anilines is 1. The number of benzene rings is 3. The maximum Gasteiger partial charge on any atom is 0.335 e. The Bertz CT molecular complexity index is 2000. The van der Waals surface area contributed by atoms with Gasteiger partial charge in [0, 0.05) is 12.0 Å². The number of ketones is 1. The fourth-order valence-electron chi connectivity index (χ4n) is 4.99. The van der Waals surface area contributed by atoms with Gasteiger partial charge in [0.2, 0.25) is 0 Å². The molecule has 0 aliphatic carbocycles. The normalized spacial score (nSPS) is 11.9. The maximum absolute atomic E-state index is 14.3. The molecule has 6 aromatic rings. The SMILES string of the molecule is CC[C@H](Nc1ncnc2nc[nH]c12)c1nc2cccc(CC(=O)c3ccc(C(=O)O)cc3)c2c(=O)n1-c1ccccc1. The van der Waals surface area contributed by atoms with E-state index in [4.69, 9.17) is 4.98 Å². The van der Waals surface area contributed by atoms with Crippen LogP contribution in [0.2, 0.25) is 0 Å². The van der Waals surface area contributed by atoms with Crippen LogP contribution in [-0.2, 0) is 6.42 Å². The summed E-state index contributed by atoms with van der Waals surface area (Å²) in [6.07, 6.45) is 3.50. The number of hydrogen-bond acceptors (Lipinski definition) is 8. The second kappa shape index (κ2) is 11.0. The van der Waals surface area contributed by atoms with Crippen LogP contribution in [0.1, 0.15) is 51.5 Å². The molecule has 0 fully saturated rings. The Morgan fingerprint density at radius 1 is 0.952 bits per heavy atom.